The highest BCUT2D eigenvalue weighted by Crippen LogP contribution is 2.26. The molecule has 4 heteroatoms. The SMILES string of the molecule is Cc1c2c(nn1-c1ccccc1)CNCC2O. The Morgan fingerprint density at radius 1 is 1.35 bits per heavy atom. The fourth-order valence-corrected chi connectivity index (χ4v) is 2.39. The summed E-state index contributed by atoms with van der Waals surface area (Å²) in [5.41, 5.74) is 3.99. The van der Waals surface area contributed by atoms with Crippen LogP contribution in [0.25, 0.3) is 5.69 Å². The van der Waals surface area contributed by atoms with Crippen LogP contribution in [0.1, 0.15) is 23.1 Å². The zero-order chi connectivity index (χ0) is 11.8. The number of benzene rings is 1. The largest absolute Gasteiger partial charge is 0.387 e. The van der Waals surface area contributed by atoms with Gasteiger partial charge in [-0.2, -0.15) is 5.10 Å². The molecule has 88 valence electrons. The lowest BCUT2D eigenvalue weighted by molar-refractivity contribution is 0.164. The van der Waals surface area contributed by atoms with E-state index in [1.807, 2.05) is 41.9 Å². The quantitative estimate of drug-likeness (QED) is 0.775. The zero-order valence-corrected chi connectivity index (χ0v) is 9.72. The Bertz CT molecular complexity index is 533. The minimum atomic E-state index is -0.448. The highest BCUT2D eigenvalue weighted by atomic mass is 16.3. The van der Waals surface area contributed by atoms with Crippen LogP contribution >= 0.6 is 0 Å². The summed E-state index contributed by atoms with van der Waals surface area (Å²) in [6.45, 7) is 3.34. The molecular weight excluding hydrogens is 214 g/mol. The van der Waals surface area contributed by atoms with Crippen LogP contribution in [0.3, 0.4) is 0 Å². The first kappa shape index (κ1) is 10.5. The van der Waals surface area contributed by atoms with Crippen molar-refractivity contribution in [3.8, 4) is 5.69 Å². The highest BCUT2D eigenvalue weighted by molar-refractivity contribution is 5.39. The normalized spacial score (nSPS) is 19.1. The van der Waals surface area contributed by atoms with Crippen LogP contribution in [0.5, 0.6) is 0 Å². The Kier molecular flexibility index (Phi) is 2.46. The highest BCUT2D eigenvalue weighted by Gasteiger charge is 2.24. The maximum atomic E-state index is 9.99. The number of para-hydroxylation sites is 1. The second-order valence-corrected chi connectivity index (χ2v) is 4.34. The smallest absolute Gasteiger partial charge is 0.0950 e. The first-order valence-corrected chi connectivity index (χ1v) is 5.80. The van der Waals surface area contributed by atoms with E-state index in [-0.39, 0.29) is 0 Å². The van der Waals surface area contributed by atoms with Crippen molar-refractivity contribution in [2.75, 3.05) is 6.54 Å². The van der Waals surface area contributed by atoms with Gasteiger partial charge in [0.1, 0.15) is 0 Å². The summed E-state index contributed by atoms with van der Waals surface area (Å²) in [6, 6.07) is 10.0. The molecule has 0 amide bonds. The number of β-amino-alcohol motifs (C(OH)–C–C–N with tert-alkyl or cyclic N) is 1. The topological polar surface area (TPSA) is 50.1 Å². The Balaban J connectivity index is 2.14. The van der Waals surface area contributed by atoms with Crippen LogP contribution < -0.4 is 5.32 Å². The molecule has 4 nitrogen and oxygen atoms in total. The molecule has 2 heterocycles. The molecule has 0 spiro atoms. The number of nitrogens with one attached hydrogen (secondary N) is 1. The fraction of sp³-hybridized carbons (Fsp3) is 0.308. The Hall–Kier alpha value is -1.65. The molecule has 0 aliphatic carbocycles. The van der Waals surface area contributed by atoms with Crippen molar-refractivity contribution in [2.45, 2.75) is 19.6 Å². The molecule has 1 aromatic carbocycles. The summed E-state index contributed by atoms with van der Waals surface area (Å²) in [5, 5.41) is 17.7. The number of fused-ring (bicyclic) bond motifs is 1. The van der Waals surface area contributed by atoms with Crippen molar-refractivity contribution >= 4 is 0 Å². The van der Waals surface area contributed by atoms with E-state index in [2.05, 4.69) is 10.4 Å². The third-order valence-electron chi connectivity index (χ3n) is 3.20. The molecule has 17 heavy (non-hydrogen) atoms. The fourth-order valence-electron chi connectivity index (χ4n) is 2.39. The summed E-state index contributed by atoms with van der Waals surface area (Å²) < 4.78 is 1.90. The van der Waals surface area contributed by atoms with Crippen molar-refractivity contribution in [2.24, 2.45) is 0 Å². The van der Waals surface area contributed by atoms with Gasteiger partial charge >= 0.3 is 0 Å². The number of rotatable bonds is 1. The number of aliphatic hydroxyl groups is 1. The number of aromatic nitrogens is 2. The summed E-state index contributed by atoms with van der Waals surface area (Å²) >= 11 is 0. The van der Waals surface area contributed by atoms with Crippen LogP contribution in [0.2, 0.25) is 0 Å². The second-order valence-electron chi connectivity index (χ2n) is 4.34. The van der Waals surface area contributed by atoms with Gasteiger partial charge in [0, 0.05) is 24.3 Å². The Morgan fingerprint density at radius 2 is 2.12 bits per heavy atom. The minimum Gasteiger partial charge on any atom is -0.387 e. The minimum absolute atomic E-state index is 0.448. The van der Waals surface area contributed by atoms with E-state index in [0.29, 0.717) is 6.54 Å². The van der Waals surface area contributed by atoms with E-state index in [1.54, 1.807) is 0 Å². The molecule has 0 radical (unpaired) electrons. The Morgan fingerprint density at radius 3 is 2.82 bits per heavy atom. The average molecular weight is 229 g/mol. The van der Waals surface area contributed by atoms with E-state index in [0.717, 1.165) is 29.2 Å². The summed E-state index contributed by atoms with van der Waals surface area (Å²) in [5.74, 6) is 0. The van der Waals surface area contributed by atoms with Crippen LogP contribution in [0.15, 0.2) is 30.3 Å². The van der Waals surface area contributed by atoms with Crippen molar-refractivity contribution in [3.05, 3.63) is 47.3 Å². The van der Waals surface area contributed by atoms with Gasteiger partial charge in [0.05, 0.1) is 17.5 Å². The molecule has 3 rings (SSSR count). The zero-order valence-electron chi connectivity index (χ0n) is 9.72. The van der Waals surface area contributed by atoms with Crippen LogP contribution in [-0.4, -0.2) is 21.4 Å². The van der Waals surface area contributed by atoms with Crippen molar-refractivity contribution < 1.29 is 5.11 Å². The molecular formula is C13H15N3O. The molecule has 0 saturated heterocycles. The number of hydrogen-bond acceptors (Lipinski definition) is 3. The standard InChI is InChI=1S/C13H15N3O/c1-9-13-11(7-14-8-12(13)17)15-16(9)10-5-3-2-4-6-10/h2-6,12,14,17H,7-8H2,1H3. The third-order valence-corrected chi connectivity index (χ3v) is 3.20. The number of hydrogen-bond donors (Lipinski definition) is 2. The number of aliphatic hydroxyl groups excluding tert-OH is 1. The lowest BCUT2D eigenvalue weighted by atomic mass is 10.0. The second kappa shape index (κ2) is 3.98. The summed E-state index contributed by atoms with van der Waals surface area (Å²) in [4.78, 5) is 0. The predicted molar refractivity (Wildman–Crippen MR) is 65.0 cm³/mol. The van der Waals surface area contributed by atoms with Crippen LogP contribution in [0.4, 0.5) is 0 Å². The van der Waals surface area contributed by atoms with Crippen molar-refractivity contribution in [1.29, 1.82) is 0 Å². The van der Waals surface area contributed by atoms with Gasteiger partial charge in [0.15, 0.2) is 0 Å². The van der Waals surface area contributed by atoms with Gasteiger partial charge in [0.25, 0.3) is 0 Å². The lowest BCUT2D eigenvalue weighted by Gasteiger charge is -2.18. The first-order chi connectivity index (χ1) is 8.27. The lowest BCUT2D eigenvalue weighted by Crippen LogP contribution is -2.27. The average Bonchev–Trinajstić information content (AvgIpc) is 2.69. The molecule has 0 saturated carbocycles. The van der Waals surface area contributed by atoms with Crippen LogP contribution in [-0.2, 0) is 6.54 Å². The molecule has 2 aromatic rings. The van der Waals surface area contributed by atoms with Crippen molar-refractivity contribution in [1.82, 2.24) is 15.1 Å². The van der Waals surface area contributed by atoms with E-state index >= 15 is 0 Å². The molecule has 1 aliphatic heterocycles. The Labute approximate surface area is 99.9 Å². The molecule has 0 fully saturated rings. The van der Waals surface area contributed by atoms with E-state index < -0.39 is 6.10 Å². The molecule has 2 N–H and O–H groups in total. The van der Waals surface area contributed by atoms with Gasteiger partial charge in [-0.15, -0.1) is 0 Å². The van der Waals surface area contributed by atoms with E-state index in [9.17, 15) is 5.11 Å². The van der Waals surface area contributed by atoms with Crippen molar-refractivity contribution in [3.63, 3.8) is 0 Å². The molecule has 0 bridgehead atoms. The van der Waals surface area contributed by atoms with Gasteiger partial charge in [-0.25, -0.2) is 4.68 Å². The summed E-state index contributed by atoms with van der Waals surface area (Å²) in [6.07, 6.45) is -0.448. The van der Waals surface area contributed by atoms with Crippen LogP contribution in [0, 0.1) is 6.92 Å². The van der Waals surface area contributed by atoms with Gasteiger partial charge in [0.2, 0.25) is 0 Å². The molecule has 1 aromatic heterocycles. The van der Waals surface area contributed by atoms with E-state index in [1.165, 1.54) is 0 Å². The van der Waals surface area contributed by atoms with Gasteiger partial charge in [-0.1, -0.05) is 18.2 Å². The summed E-state index contributed by atoms with van der Waals surface area (Å²) in [7, 11) is 0. The maximum absolute atomic E-state index is 9.99. The third kappa shape index (κ3) is 1.66. The van der Waals surface area contributed by atoms with Gasteiger partial charge in [-0.05, 0) is 19.1 Å². The first-order valence-electron chi connectivity index (χ1n) is 5.80. The maximum Gasteiger partial charge on any atom is 0.0950 e. The molecule has 1 atom stereocenters. The predicted octanol–water partition coefficient (Wildman–Crippen LogP) is 1.32. The molecule has 1 aliphatic rings. The van der Waals surface area contributed by atoms with Gasteiger partial charge in [-0.3, -0.25) is 0 Å². The monoisotopic (exact) mass is 229 g/mol. The number of nitrogens with zero attached hydrogens (tertiary/aromatic N) is 2. The van der Waals surface area contributed by atoms with E-state index in [4.69, 9.17) is 0 Å². The molecule has 1 unspecified atom stereocenters. The van der Waals surface area contributed by atoms with Gasteiger partial charge < -0.3 is 10.4 Å².